The second-order valence-electron chi connectivity index (χ2n) is 7.93. The number of carbonyl (C=O) groups excluding carboxylic acids is 1. The number of hydrogen-bond acceptors (Lipinski definition) is 7. The van der Waals surface area contributed by atoms with Gasteiger partial charge in [-0.15, -0.1) is 0 Å². The Morgan fingerprint density at radius 2 is 2.07 bits per heavy atom. The van der Waals surface area contributed by atoms with E-state index in [1.165, 1.54) is 5.56 Å². The third kappa shape index (κ3) is 4.52. The van der Waals surface area contributed by atoms with Crippen molar-refractivity contribution in [3.8, 4) is 6.07 Å². The zero-order valence-corrected chi connectivity index (χ0v) is 17.7. The topological polar surface area (TPSA) is 85.6 Å². The summed E-state index contributed by atoms with van der Waals surface area (Å²) in [5.41, 5.74) is 5.25. The van der Waals surface area contributed by atoms with Gasteiger partial charge in [0.1, 0.15) is 6.61 Å². The second-order valence-corrected chi connectivity index (χ2v) is 8.79. The van der Waals surface area contributed by atoms with Gasteiger partial charge in [0.25, 0.3) is 0 Å². The Balaban J connectivity index is 1.17. The van der Waals surface area contributed by atoms with Gasteiger partial charge in [0.15, 0.2) is 0 Å². The van der Waals surface area contributed by atoms with E-state index in [1.807, 2.05) is 37.3 Å². The molecular formula is C23H25N3O3S. The second kappa shape index (κ2) is 9.19. The number of cyclic esters (lactones) is 1. The van der Waals surface area contributed by atoms with Crippen LogP contribution in [0.25, 0.3) is 0 Å². The summed E-state index contributed by atoms with van der Waals surface area (Å²) >= 11 is 1.68. The molecule has 6 nitrogen and oxygen atoms in total. The first kappa shape index (κ1) is 20.9. The molecule has 0 bridgehead atoms. The van der Waals surface area contributed by atoms with Gasteiger partial charge < -0.3 is 9.84 Å². The van der Waals surface area contributed by atoms with Crippen LogP contribution in [0.3, 0.4) is 0 Å². The lowest BCUT2D eigenvalue weighted by atomic mass is 9.93. The molecule has 0 radical (unpaired) electrons. The van der Waals surface area contributed by atoms with Crippen LogP contribution in [-0.4, -0.2) is 42.2 Å². The molecule has 2 N–H and O–H groups in total. The van der Waals surface area contributed by atoms with Crippen LogP contribution in [0.4, 0.5) is 0 Å². The number of β-amino-alcohol motifs (C(OH)–C–C–N with tert-alkyl or cyclic N) is 1. The number of benzene rings is 2. The molecule has 0 spiro atoms. The van der Waals surface area contributed by atoms with Crippen molar-refractivity contribution in [2.24, 2.45) is 5.92 Å². The van der Waals surface area contributed by atoms with Crippen molar-refractivity contribution in [3.63, 3.8) is 0 Å². The van der Waals surface area contributed by atoms with Crippen molar-refractivity contribution >= 4 is 17.9 Å². The molecule has 2 heterocycles. The van der Waals surface area contributed by atoms with E-state index in [2.05, 4.69) is 15.7 Å². The molecule has 0 amide bonds. The number of aliphatic hydroxyl groups excluding tert-OH is 1. The number of hydrogen-bond donors (Lipinski definition) is 2. The lowest BCUT2D eigenvalue weighted by molar-refractivity contribution is 0.0416. The van der Waals surface area contributed by atoms with Crippen LogP contribution >= 0.6 is 11.9 Å². The number of carbonyl (C=O) groups is 1. The van der Waals surface area contributed by atoms with Gasteiger partial charge in [-0.3, -0.25) is 9.62 Å². The molecule has 2 aromatic rings. The number of nitrogens with zero attached hydrogens (tertiary/aromatic N) is 2. The van der Waals surface area contributed by atoms with Gasteiger partial charge in [-0.1, -0.05) is 30.1 Å². The van der Waals surface area contributed by atoms with E-state index < -0.39 is 6.10 Å². The van der Waals surface area contributed by atoms with Gasteiger partial charge in [0.2, 0.25) is 0 Å². The summed E-state index contributed by atoms with van der Waals surface area (Å²) in [5, 5.41) is 19.5. The smallest absolute Gasteiger partial charge is 0.338 e. The van der Waals surface area contributed by atoms with Crippen molar-refractivity contribution < 1.29 is 14.6 Å². The first-order valence-electron chi connectivity index (χ1n) is 10.1. The Hall–Kier alpha value is -2.37. The first-order chi connectivity index (χ1) is 14.5. The molecule has 1 saturated heterocycles. The predicted molar refractivity (Wildman–Crippen MR) is 116 cm³/mol. The van der Waals surface area contributed by atoms with Crippen LogP contribution in [0.1, 0.15) is 44.3 Å². The maximum atomic E-state index is 11.7. The highest BCUT2D eigenvalue weighted by atomic mass is 32.2. The number of esters is 1. The van der Waals surface area contributed by atoms with E-state index in [-0.39, 0.29) is 5.97 Å². The Morgan fingerprint density at radius 1 is 1.30 bits per heavy atom. The fourth-order valence-corrected chi connectivity index (χ4v) is 4.83. The fraction of sp³-hybridized carbons (Fsp3) is 0.391. The van der Waals surface area contributed by atoms with E-state index >= 15 is 0 Å². The molecule has 0 aliphatic carbocycles. The summed E-state index contributed by atoms with van der Waals surface area (Å²) in [6.07, 6.45) is -0.564. The summed E-state index contributed by atoms with van der Waals surface area (Å²) < 4.78 is 8.53. The summed E-state index contributed by atoms with van der Waals surface area (Å²) in [7, 11) is 0. The average Bonchev–Trinajstić information content (AvgIpc) is 3.11. The molecule has 30 heavy (non-hydrogen) atoms. The van der Waals surface area contributed by atoms with E-state index in [1.54, 1.807) is 18.0 Å². The maximum Gasteiger partial charge on any atom is 0.338 e. The summed E-state index contributed by atoms with van der Waals surface area (Å²) in [6, 6.07) is 13.4. The minimum absolute atomic E-state index is 0.274. The monoisotopic (exact) mass is 423 g/mol. The maximum absolute atomic E-state index is 11.7. The van der Waals surface area contributed by atoms with E-state index in [0.29, 0.717) is 30.2 Å². The SMILES string of the molecule is Cc1c(C(O)CN2CC(CNSCc3ccc(C#N)cc3)C2)ccc2c1COC2=O. The largest absolute Gasteiger partial charge is 0.457 e. The number of rotatable bonds is 8. The fourth-order valence-electron chi connectivity index (χ4n) is 4.01. The highest BCUT2D eigenvalue weighted by molar-refractivity contribution is 7.96. The summed E-state index contributed by atoms with van der Waals surface area (Å²) in [6.45, 7) is 5.72. The quantitative estimate of drug-likeness (QED) is 0.384. The predicted octanol–water partition coefficient (Wildman–Crippen LogP) is 2.94. The van der Waals surface area contributed by atoms with Gasteiger partial charge in [-0.05, 0) is 47.7 Å². The minimum atomic E-state index is -0.564. The number of likely N-dealkylation sites (tertiary alicyclic amines) is 1. The van der Waals surface area contributed by atoms with Crippen molar-refractivity contribution in [1.29, 1.82) is 5.26 Å². The molecule has 7 heteroatoms. The lowest BCUT2D eigenvalue weighted by Crippen LogP contribution is -2.51. The third-order valence-electron chi connectivity index (χ3n) is 5.83. The van der Waals surface area contributed by atoms with Gasteiger partial charge in [-0.25, -0.2) is 4.79 Å². The van der Waals surface area contributed by atoms with Crippen molar-refractivity contribution in [3.05, 3.63) is 69.8 Å². The third-order valence-corrected chi connectivity index (χ3v) is 6.68. The Labute approximate surface area is 181 Å². The minimum Gasteiger partial charge on any atom is -0.457 e. The van der Waals surface area contributed by atoms with Gasteiger partial charge in [0, 0.05) is 37.5 Å². The van der Waals surface area contributed by atoms with Crippen LogP contribution in [0.2, 0.25) is 0 Å². The van der Waals surface area contributed by atoms with Gasteiger partial charge in [-0.2, -0.15) is 5.26 Å². The number of aliphatic hydroxyl groups is 1. The molecule has 2 aliphatic heterocycles. The Bertz CT molecular complexity index is 965. The molecule has 156 valence electrons. The van der Waals surface area contributed by atoms with Crippen molar-refractivity contribution in [2.45, 2.75) is 25.4 Å². The van der Waals surface area contributed by atoms with E-state index in [9.17, 15) is 9.90 Å². The van der Waals surface area contributed by atoms with E-state index in [4.69, 9.17) is 10.00 Å². The number of nitriles is 1. The molecule has 0 aromatic heterocycles. The van der Waals surface area contributed by atoms with Crippen molar-refractivity contribution in [1.82, 2.24) is 9.62 Å². The zero-order chi connectivity index (χ0) is 21.1. The van der Waals surface area contributed by atoms with E-state index in [0.717, 1.165) is 42.1 Å². The number of nitrogens with one attached hydrogen (secondary N) is 1. The highest BCUT2D eigenvalue weighted by Crippen LogP contribution is 2.30. The molecule has 2 aliphatic rings. The van der Waals surface area contributed by atoms with Gasteiger partial charge in [0.05, 0.1) is 23.3 Å². The van der Waals surface area contributed by atoms with Gasteiger partial charge >= 0.3 is 5.97 Å². The van der Waals surface area contributed by atoms with Crippen molar-refractivity contribution in [2.75, 3.05) is 26.2 Å². The average molecular weight is 424 g/mol. The number of ether oxygens (including phenoxy) is 1. The Morgan fingerprint density at radius 3 is 2.80 bits per heavy atom. The van der Waals surface area contributed by atoms with Crippen LogP contribution in [-0.2, 0) is 17.1 Å². The molecular weight excluding hydrogens is 398 g/mol. The van der Waals surface area contributed by atoms with Crippen LogP contribution in [0, 0.1) is 24.2 Å². The molecule has 1 fully saturated rings. The molecule has 4 rings (SSSR count). The Kier molecular flexibility index (Phi) is 6.40. The van der Waals surface area contributed by atoms with Crippen LogP contribution < -0.4 is 4.72 Å². The number of fused-ring (bicyclic) bond motifs is 1. The van der Waals surface area contributed by atoms with Crippen LogP contribution in [0.15, 0.2) is 36.4 Å². The first-order valence-corrected chi connectivity index (χ1v) is 11.1. The molecule has 1 atom stereocenters. The molecule has 0 saturated carbocycles. The molecule has 1 unspecified atom stereocenters. The lowest BCUT2D eigenvalue weighted by Gasteiger charge is -2.40. The standard InChI is InChI=1S/C23H25N3O3S/c1-15-19(6-7-20-21(15)13-29-23(20)28)22(27)12-26-10-18(11-26)9-25-30-14-17-4-2-16(8-24)3-5-17/h2-7,18,22,25,27H,9-14H2,1H3. The molecule has 2 aromatic carbocycles. The highest BCUT2D eigenvalue weighted by Gasteiger charge is 2.30. The summed E-state index contributed by atoms with van der Waals surface area (Å²) in [4.78, 5) is 13.9. The zero-order valence-electron chi connectivity index (χ0n) is 16.9. The van der Waals surface area contributed by atoms with Crippen LogP contribution in [0.5, 0.6) is 0 Å². The summed E-state index contributed by atoms with van der Waals surface area (Å²) in [5.74, 6) is 1.17. The normalized spacial score (nSPS) is 17.2.